The van der Waals surface area contributed by atoms with Gasteiger partial charge in [-0.1, -0.05) is 34.8 Å². The molecule has 1 N–H and O–H groups in total. The highest BCUT2D eigenvalue weighted by molar-refractivity contribution is 9.10. The minimum atomic E-state index is -4.03. The number of sulfonamides is 1. The van der Waals surface area contributed by atoms with Crippen molar-refractivity contribution in [3.8, 4) is 0 Å². The van der Waals surface area contributed by atoms with E-state index < -0.39 is 10.0 Å². The first kappa shape index (κ1) is 15.7. The van der Waals surface area contributed by atoms with Crippen LogP contribution in [0.1, 0.15) is 0 Å². The molecule has 0 aliphatic rings. The Balaban J connectivity index is 2.49. The van der Waals surface area contributed by atoms with E-state index in [2.05, 4.69) is 35.6 Å². The lowest BCUT2D eigenvalue weighted by Crippen LogP contribution is -2.15. The SMILES string of the molecule is O=S(=O)(Nc1c(Cl)ncnc1Cl)c1cc(Br)cnc1Cl. The summed E-state index contributed by atoms with van der Waals surface area (Å²) in [5.74, 6) is 0. The smallest absolute Gasteiger partial charge is 0.265 e. The van der Waals surface area contributed by atoms with Crippen molar-refractivity contribution in [1.29, 1.82) is 0 Å². The highest BCUT2D eigenvalue weighted by atomic mass is 79.9. The van der Waals surface area contributed by atoms with Gasteiger partial charge in [0.15, 0.2) is 10.3 Å². The molecule has 106 valence electrons. The molecule has 2 rings (SSSR count). The largest absolute Gasteiger partial charge is 0.273 e. The molecule has 0 aliphatic heterocycles. The zero-order chi connectivity index (χ0) is 14.9. The van der Waals surface area contributed by atoms with Crippen LogP contribution in [0.15, 0.2) is 28.0 Å². The molecular weight excluding hydrogens is 414 g/mol. The standard InChI is InChI=1S/C9H4BrCl3N4O2S/c10-4-1-5(7(11)14-2-4)20(18,19)17-6-8(12)15-3-16-9(6)13/h1-3,17H. The van der Waals surface area contributed by atoms with Crippen LogP contribution in [0.4, 0.5) is 5.69 Å². The van der Waals surface area contributed by atoms with Crippen LogP contribution in [0, 0.1) is 0 Å². The van der Waals surface area contributed by atoms with Gasteiger partial charge in [-0.3, -0.25) is 4.72 Å². The maximum Gasteiger partial charge on any atom is 0.265 e. The second kappa shape index (κ2) is 5.98. The summed E-state index contributed by atoms with van der Waals surface area (Å²) in [5.41, 5.74) is -0.133. The molecule has 0 radical (unpaired) electrons. The zero-order valence-electron chi connectivity index (χ0n) is 9.31. The number of anilines is 1. The minimum absolute atomic E-state index is 0.132. The number of hydrogen-bond acceptors (Lipinski definition) is 5. The van der Waals surface area contributed by atoms with E-state index in [4.69, 9.17) is 34.8 Å². The molecule has 0 amide bonds. The van der Waals surface area contributed by atoms with Crippen LogP contribution in [0.2, 0.25) is 15.5 Å². The Bertz CT molecular complexity index is 752. The van der Waals surface area contributed by atoms with Gasteiger partial charge < -0.3 is 0 Å². The summed E-state index contributed by atoms with van der Waals surface area (Å²) in [6, 6.07) is 1.29. The van der Waals surface area contributed by atoms with Crippen molar-refractivity contribution in [2.24, 2.45) is 0 Å². The Morgan fingerprint density at radius 1 is 1.05 bits per heavy atom. The van der Waals surface area contributed by atoms with Gasteiger partial charge in [-0.25, -0.2) is 23.4 Å². The first-order valence-electron chi connectivity index (χ1n) is 4.81. The topological polar surface area (TPSA) is 84.8 Å². The van der Waals surface area contributed by atoms with Crippen molar-refractivity contribution in [1.82, 2.24) is 15.0 Å². The van der Waals surface area contributed by atoms with Gasteiger partial charge in [0.2, 0.25) is 0 Å². The molecule has 11 heteroatoms. The molecule has 0 saturated heterocycles. The summed E-state index contributed by atoms with van der Waals surface area (Å²) >= 11 is 20.4. The molecule has 0 saturated carbocycles. The zero-order valence-corrected chi connectivity index (χ0v) is 14.0. The number of nitrogens with zero attached hydrogens (tertiary/aromatic N) is 3. The van der Waals surface area contributed by atoms with Crippen LogP contribution in [-0.4, -0.2) is 23.4 Å². The third-order valence-electron chi connectivity index (χ3n) is 2.05. The fourth-order valence-electron chi connectivity index (χ4n) is 1.21. The van der Waals surface area contributed by atoms with Crippen molar-refractivity contribution in [3.05, 3.63) is 38.5 Å². The molecule has 0 spiro atoms. The fraction of sp³-hybridized carbons (Fsp3) is 0. The Morgan fingerprint density at radius 2 is 1.65 bits per heavy atom. The van der Waals surface area contributed by atoms with E-state index in [1.165, 1.54) is 12.3 Å². The molecule has 0 aromatic carbocycles. The average Bonchev–Trinajstić information content (AvgIpc) is 2.37. The summed E-state index contributed by atoms with van der Waals surface area (Å²) in [4.78, 5) is 10.8. The van der Waals surface area contributed by atoms with Gasteiger partial charge in [0.05, 0.1) is 0 Å². The lowest BCUT2D eigenvalue weighted by Gasteiger charge is -2.10. The number of aromatic nitrogens is 3. The molecule has 6 nitrogen and oxygen atoms in total. The lowest BCUT2D eigenvalue weighted by atomic mass is 10.5. The summed E-state index contributed by atoms with van der Waals surface area (Å²) in [6.45, 7) is 0. The number of halogens is 4. The van der Waals surface area contributed by atoms with Crippen LogP contribution < -0.4 is 4.72 Å². The molecule has 20 heavy (non-hydrogen) atoms. The molecule has 0 fully saturated rings. The maximum absolute atomic E-state index is 12.2. The molecule has 0 aliphatic carbocycles. The number of hydrogen-bond donors (Lipinski definition) is 1. The van der Waals surface area contributed by atoms with Crippen molar-refractivity contribution < 1.29 is 8.42 Å². The highest BCUT2D eigenvalue weighted by Gasteiger charge is 2.22. The Morgan fingerprint density at radius 3 is 2.25 bits per heavy atom. The molecule has 2 heterocycles. The third-order valence-corrected chi connectivity index (χ3v) is 4.84. The van der Waals surface area contributed by atoms with Crippen LogP contribution in [-0.2, 0) is 10.0 Å². The van der Waals surface area contributed by atoms with Gasteiger partial charge in [0.1, 0.15) is 22.1 Å². The van der Waals surface area contributed by atoms with Crippen LogP contribution >= 0.6 is 50.7 Å². The predicted octanol–water partition coefficient (Wildman–Crippen LogP) is 3.40. The monoisotopic (exact) mass is 416 g/mol. The quantitative estimate of drug-likeness (QED) is 0.610. The van der Waals surface area contributed by atoms with Crippen LogP contribution in [0.3, 0.4) is 0 Å². The number of pyridine rings is 1. The molecule has 0 unspecified atom stereocenters. The minimum Gasteiger partial charge on any atom is -0.273 e. The van der Waals surface area contributed by atoms with Gasteiger partial charge in [-0.15, -0.1) is 0 Å². The van der Waals surface area contributed by atoms with E-state index in [0.717, 1.165) is 6.33 Å². The fourth-order valence-corrected chi connectivity index (χ4v) is 3.75. The first-order valence-corrected chi connectivity index (χ1v) is 8.22. The van der Waals surface area contributed by atoms with E-state index in [1.54, 1.807) is 0 Å². The summed E-state index contributed by atoms with van der Waals surface area (Å²) < 4.78 is 27.1. The first-order chi connectivity index (χ1) is 9.31. The second-order valence-corrected chi connectivity index (χ2v) is 7.02. The molecule has 0 bridgehead atoms. The Kier molecular flexibility index (Phi) is 4.70. The van der Waals surface area contributed by atoms with Gasteiger partial charge in [0, 0.05) is 10.7 Å². The van der Waals surface area contributed by atoms with Gasteiger partial charge in [0.25, 0.3) is 10.0 Å². The van der Waals surface area contributed by atoms with Crippen molar-refractivity contribution in [3.63, 3.8) is 0 Å². The number of nitrogens with one attached hydrogen (secondary N) is 1. The van der Waals surface area contributed by atoms with Crippen LogP contribution in [0.25, 0.3) is 0 Å². The highest BCUT2D eigenvalue weighted by Crippen LogP contribution is 2.30. The summed E-state index contributed by atoms with van der Waals surface area (Å²) in [5, 5.41) is -0.454. The van der Waals surface area contributed by atoms with E-state index in [0.29, 0.717) is 4.47 Å². The van der Waals surface area contributed by atoms with E-state index in [9.17, 15) is 8.42 Å². The molecule has 2 aromatic rings. The maximum atomic E-state index is 12.2. The molecule has 0 atom stereocenters. The predicted molar refractivity (Wildman–Crippen MR) is 79.8 cm³/mol. The van der Waals surface area contributed by atoms with Gasteiger partial charge in [-0.05, 0) is 22.0 Å². The molecular formula is C9H4BrCl3N4O2S. The lowest BCUT2D eigenvalue weighted by molar-refractivity contribution is 0.600. The normalized spacial score (nSPS) is 11.4. The van der Waals surface area contributed by atoms with E-state index in [1.807, 2.05) is 0 Å². The van der Waals surface area contributed by atoms with Crippen molar-refractivity contribution in [2.45, 2.75) is 4.90 Å². The van der Waals surface area contributed by atoms with Crippen molar-refractivity contribution >= 4 is 66.4 Å². The second-order valence-electron chi connectivity index (χ2n) is 3.38. The van der Waals surface area contributed by atoms with Crippen molar-refractivity contribution in [2.75, 3.05) is 4.72 Å². The van der Waals surface area contributed by atoms with E-state index in [-0.39, 0.29) is 26.0 Å². The Labute approximate surface area is 137 Å². The van der Waals surface area contributed by atoms with Gasteiger partial charge >= 0.3 is 0 Å². The van der Waals surface area contributed by atoms with E-state index >= 15 is 0 Å². The summed E-state index contributed by atoms with van der Waals surface area (Å²) in [7, 11) is -4.03. The van der Waals surface area contributed by atoms with Crippen LogP contribution in [0.5, 0.6) is 0 Å². The molecule has 2 aromatic heterocycles. The third kappa shape index (κ3) is 3.32. The van der Waals surface area contributed by atoms with Gasteiger partial charge in [-0.2, -0.15) is 0 Å². The number of rotatable bonds is 3. The Hall–Kier alpha value is -0.670. The summed E-state index contributed by atoms with van der Waals surface area (Å²) in [6.07, 6.45) is 2.48. The average molecular weight is 418 g/mol.